The second kappa shape index (κ2) is 7.00. The van der Waals surface area contributed by atoms with Crippen LogP contribution in [0.5, 0.6) is 0 Å². The molecule has 106 valence electrons. The average molecular weight is 336 g/mol. The first-order valence-electron chi connectivity index (χ1n) is 6.87. The monoisotopic (exact) mass is 335 g/mol. The molecule has 0 bridgehead atoms. The summed E-state index contributed by atoms with van der Waals surface area (Å²) < 4.78 is 15.4. The van der Waals surface area contributed by atoms with Crippen LogP contribution in [0.3, 0.4) is 0 Å². The van der Waals surface area contributed by atoms with Crippen LogP contribution in [0.15, 0.2) is 46.9 Å². The molecule has 1 unspecified atom stereocenters. The van der Waals surface area contributed by atoms with E-state index in [0.29, 0.717) is 11.1 Å². The molecule has 0 aliphatic rings. The van der Waals surface area contributed by atoms with Gasteiger partial charge in [0.25, 0.3) is 0 Å². The lowest BCUT2D eigenvalue weighted by molar-refractivity contribution is 0.542. The van der Waals surface area contributed by atoms with E-state index in [2.05, 4.69) is 28.2 Å². The Kier molecular flexibility index (Phi) is 5.32. The minimum Gasteiger partial charge on any atom is -0.306 e. The lowest BCUT2D eigenvalue weighted by Crippen LogP contribution is -2.24. The van der Waals surface area contributed by atoms with Crippen LogP contribution in [0.1, 0.15) is 36.1 Å². The molecule has 20 heavy (non-hydrogen) atoms. The van der Waals surface area contributed by atoms with Gasteiger partial charge in [0.2, 0.25) is 0 Å². The van der Waals surface area contributed by atoms with Gasteiger partial charge in [0.1, 0.15) is 5.82 Å². The quantitative estimate of drug-likeness (QED) is 0.811. The minimum absolute atomic E-state index is 0.108. The van der Waals surface area contributed by atoms with Crippen LogP contribution in [0.25, 0.3) is 0 Å². The van der Waals surface area contributed by atoms with Gasteiger partial charge in [0, 0.05) is 10.0 Å². The molecule has 2 aromatic carbocycles. The van der Waals surface area contributed by atoms with Crippen molar-refractivity contribution in [1.82, 2.24) is 5.32 Å². The van der Waals surface area contributed by atoms with Gasteiger partial charge in [-0.3, -0.25) is 0 Å². The van der Waals surface area contributed by atoms with Crippen LogP contribution in [-0.4, -0.2) is 6.54 Å². The van der Waals surface area contributed by atoms with Crippen LogP contribution >= 0.6 is 15.9 Å². The van der Waals surface area contributed by atoms with Crippen LogP contribution in [0.2, 0.25) is 0 Å². The fourth-order valence-corrected chi connectivity index (χ4v) is 2.51. The lowest BCUT2D eigenvalue weighted by Gasteiger charge is -2.21. The van der Waals surface area contributed by atoms with E-state index >= 15 is 0 Å². The predicted molar refractivity (Wildman–Crippen MR) is 85.4 cm³/mol. The van der Waals surface area contributed by atoms with E-state index in [1.165, 1.54) is 0 Å². The third-order valence-electron chi connectivity index (χ3n) is 3.33. The highest BCUT2D eigenvalue weighted by molar-refractivity contribution is 9.10. The van der Waals surface area contributed by atoms with Crippen molar-refractivity contribution < 1.29 is 4.39 Å². The molecule has 0 aliphatic heterocycles. The van der Waals surface area contributed by atoms with E-state index in [-0.39, 0.29) is 11.9 Å². The van der Waals surface area contributed by atoms with Crippen molar-refractivity contribution in [2.75, 3.05) is 6.54 Å². The maximum atomic E-state index is 14.4. The third-order valence-corrected chi connectivity index (χ3v) is 3.86. The van der Waals surface area contributed by atoms with Crippen molar-refractivity contribution in [3.63, 3.8) is 0 Å². The van der Waals surface area contributed by atoms with Gasteiger partial charge in [-0.25, -0.2) is 4.39 Å². The fourth-order valence-electron chi connectivity index (χ4n) is 2.24. The van der Waals surface area contributed by atoms with Crippen molar-refractivity contribution in [2.24, 2.45) is 0 Å². The molecule has 0 amide bonds. The largest absolute Gasteiger partial charge is 0.306 e. The summed E-state index contributed by atoms with van der Waals surface area (Å²) in [6, 6.07) is 13.5. The van der Waals surface area contributed by atoms with E-state index in [9.17, 15) is 4.39 Å². The molecule has 3 heteroatoms. The van der Waals surface area contributed by atoms with Gasteiger partial charge in [-0.05, 0) is 43.1 Å². The molecule has 0 aromatic heterocycles. The summed E-state index contributed by atoms with van der Waals surface area (Å²) in [7, 11) is 0. The third kappa shape index (κ3) is 3.47. The van der Waals surface area contributed by atoms with Crippen molar-refractivity contribution in [2.45, 2.75) is 26.3 Å². The number of rotatable bonds is 5. The van der Waals surface area contributed by atoms with E-state index in [1.807, 2.05) is 36.4 Å². The molecule has 0 aliphatic carbocycles. The summed E-state index contributed by atoms with van der Waals surface area (Å²) in [5.74, 6) is -0.121. The zero-order valence-corrected chi connectivity index (χ0v) is 13.4. The Balaban J connectivity index is 2.41. The Morgan fingerprint density at radius 1 is 1.15 bits per heavy atom. The topological polar surface area (TPSA) is 12.0 Å². The number of hydrogen-bond donors (Lipinski definition) is 1. The van der Waals surface area contributed by atoms with Crippen LogP contribution < -0.4 is 5.32 Å². The van der Waals surface area contributed by atoms with Crippen molar-refractivity contribution >= 4 is 15.9 Å². The molecule has 0 fully saturated rings. The van der Waals surface area contributed by atoms with Gasteiger partial charge in [-0.1, -0.05) is 53.2 Å². The first-order chi connectivity index (χ1) is 9.63. The minimum atomic E-state index is -0.121. The maximum Gasteiger partial charge on any atom is 0.131 e. The molecule has 1 atom stereocenters. The molecule has 0 saturated carbocycles. The van der Waals surface area contributed by atoms with Crippen LogP contribution in [0, 0.1) is 12.7 Å². The Morgan fingerprint density at radius 2 is 1.85 bits per heavy atom. The molecule has 0 heterocycles. The number of aryl methyl sites for hydroxylation is 1. The summed E-state index contributed by atoms with van der Waals surface area (Å²) in [6.07, 6.45) is 1.01. The van der Waals surface area contributed by atoms with Gasteiger partial charge < -0.3 is 5.32 Å². The first kappa shape index (κ1) is 15.2. The van der Waals surface area contributed by atoms with E-state index in [1.54, 1.807) is 13.0 Å². The second-order valence-corrected chi connectivity index (χ2v) is 5.83. The summed E-state index contributed by atoms with van der Waals surface area (Å²) in [5.41, 5.74) is 2.47. The van der Waals surface area contributed by atoms with Gasteiger partial charge in [0.15, 0.2) is 0 Å². The number of hydrogen-bond acceptors (Lipinski definition) is 1. The molecule has 2 rings (SSSR count). The van der Waals surface area contributed by atoms with E-state index in [4.69, 9.17) is 0 Å². The van der Waals surface area contributed by atoms with Crippen molar-refractivity contribution in [3.05, 3.63) is 69.4 Å². The van der Waals surface area contributed by atoms with Crippen molar-refractivity contribution in [1.29, 1.82) is 0 Å². The zero-order chi connectivity index (χ0) is 14.5. The highest BCUT2D eigenvalue weighted by atomic mass is 79.9. The second-order valence-electron chi connectivity index (χ2n) is 4.92. The summed E-state index contributed by atoms with van der Waals surface area (Å²) in [4.78, 5) is 0. The van der Waals surface area contributed by atoms with Gasteiger partial charge >= 0.3 is 0 Å². The smallest absolute Gasteiger partial charge is 0.131 e. The number of benzene rings is 2. The summed E-state index contributed by atoms with van der Waals surface area (Å²) >= 11 is 3.44. The molecule has 0 radical (unpaired) electrons. The molecular weight excluding hydrogens is 317 g/mol. The Labute approximate surface area is 128 Å². The summed E-state index contributed by atoms with van der Waals surface area (Å²) in [5, 5.41) is 3.43. The molecule has 1 N–H and O–H groups in total. The highest BCUT2D eigenvalue weighted by Gasteiger charge is 2.18. The predicted octanol–water partition coefficient (Wildman–Crippen LogP) is 4.99. The Morgan fingerprint density at radius 3 is 2.50 bits per heavy atom. The molecule has 0 spiro atoms. The normalized spacial score (nSPS) is 12.4. The van der Waals surface area contributed by atoms with E-state index in [0.717, 1.165) is 23.0 Å². The highest BCUT2D eigenvalue weighted by Crippen LogP contribution is 2.27. The molecule has 0 saturated heterocycles. The van der Waals surface area contributed by atoms with Crippen LogP contribution in [0.4, 0.5) is 4.39 Å². The number of nitrogens with one attached hydrogen (secondary N) is 1. The van der Waals surface area contributed by atoms with E-state index < -0.39 is 0 Å². The van der Waals surface area contributed by atoms with Gasteiger partial charge in [0.05, 0.1) is 6.04 Å². The number of halogens is 2. The first-order valence-corrected chi connectivity index (χ1v) is 7.66. The molecule has 1 nitrogen and oxygen atoms in total. The Bertz CT molecular complexity index is 566. The standard InChI is InChI=1S/C17H19BrFN/c1-3-11-20-17(13-7-9-14(18)10-8-13)15-6-4-5-12(2)16(15)19/h4-10,17,20H,3,11H2,1-2H3. The lowest BCUT2D eigenvalue weighted by atomic mass is 9.96. The zero-order valence-electron chi connectivity index (χ0n) is 11.8. The molecular formula is C17H19BrFN. The Hall–Kier alpha value is -1.19. The maximum absolute atomic E-state index is 14.4. The average Bonchev–Trinajstić information content (AvgIpc) is 2.45. The molecule has 2 aromatic rings. The van der Waals surface area contributed by atoms with Crippen molar-refractivity contribution in [3.8, 4) is 0 Å². The summed E-state index contributed by atoms with van der Waals surface area (Å²) in [6.45, 7) is 4.77. The SMILES string of the molecule is CCCNC(c1ccc(Br)cc1)c1cccc(C)c1F. The van der Waals surface area contributed by atoms with Crippen LogP contribution in [-0.2, 0) is 0 Å². The van der Waals surface area contributed by atoms with Gasteiger partial charge in [-0.2, -0.15) is 0 Å². The van der Waals surface area contributed by atoms with Gasteiger partial charge in [-0.15, -0.1) is 0 Å². The fraction of sp³-hybridized carbons (Fsp3) is 0.294.